The van der Waals surface area contributed by atoms with Gasteiger partial charge in [0.25, 0.3) is 0 Å². The van der Waals surface area contributed by atoms with E-state index in [-0.39, 0.29) is 6.10 Å². The van der Waals surface area contributed by atoms with Crippen LogP contribution in [0.5, 0.6) is 0 Å². The third-order valence-corrected chi connectivity index (χ3v) is 2.52. The van der Waals surface area contributed by atoms with Crippen LogP contribution in [0.25, 0.3) is 0 Å². The van der Waals surface area contributed by atoms with Gasteiger partial charge < -0.3 is 10.4 Å². The summed E-state index contributed by atoms with van der Waals surface area (Å²) in [4.78, 5) is 0. The lowest BCUT2D eigenvalue weighted by molar-refractivity contribution is 0.160. The minimum absolute atomic E-state index is 0.231. The average molecular weight is 225 g/mol. The molecule has 1 unspecified atom stereocenters. The molecule has 0 radical (unpaired) electrons. The number of rotatable bonds is 7. The first-order chi connectivity index (χ1) is 7.63. The Morgan fingerprint density at radius 1 is 1.50 bits per heavy atom. The summed E-state index contributed by atoms with van der Waals surface area (Å²) in [5, 5.41) is 17.0. The summed E-state index contributed by atoms with van der Waals surface area (Å²) in [6.45, 7) is 7.72. The molecule has 1 aromatic rings. The van der Waals surface area contributed by atoms with Gasteiger partial charge in [-0.15, -0.1) is 0 Å². The van der Waals surface area contributed by atoms with Crippen molar-refractivity contribution in [1.82, 2.24) is 15.1 Å². The van der Waals surface area contributed by atoms with E-state index in [4.69, 9.17) is 0 Å². The zero-order valence-corrected chi connectivity index (χ0v) is 10.5. The molecule has 1 atom stereocenters. The number of hydrogen-bond donors (Lipinski definition) is 2. The zero-order chi connectivity index (χ0) is 12.0. The molecule has 2 N–H and O–H groups in total. The molecule has 4 heteroatoms. The van der Waals surface area contributed by atoms with Gasteiger partial charge >= 0.3 is 0 Å². The highest BCUT2D eigenvalue weighted by molar-refractivity contribution is 5.03. The number of nitrogens with one attached hydrogen (secondary N) is 1. The van der Waals surface area contributed by atoms with E-state index in [9.17, 15) is 5.11 Å². The van der Waals surface area contributed by atoms with Crippen LogP contribution in [0, 0.1) is 0 Å². The van der Waals surface area contributed by atoms with Crippen molar-refractivity contribution in [3.8, 4) is 0 Å². The fourth-order valence-corrected chi connectivity index (χ4v) is 1.57. The third-order valence-electron chi connectivity index (χ3n) is 2.52. The van der Waals surface area contributed by atoms with Crippen LogP contribution >= 0.6 is 0 Å². The molecule has 1 rings (SSSR count). The molecule has 1 heterocycles. The summed E-state index contributed by atoms with van der Waals surface area (Å²) in [6.07, 6.45) is 5.57. The summed E-state index contributed by atoms with van der Waals surface area (Å²) >= 11 is 0. The van der Waals surface area contributed by atoms with Crippen molar-refractivity contribution in [1.29, 1.82) is 0 Å². The van der Waals surface area contributed by atoms with E-state index in [0.29, 0.717) is 12.6 Å². The SMILES string of the molecule is CCCC(O)CNCc1cnn(C(C)C)c1. The van der Waals surface area contributed by atoms with Crippen LogP contribution in [-0.2, 0) is 6.54 Å². The van der Waals surface area contributed by atoms with Gasteiger partial charge in [-0.3, -0.25) is 4.68 Å². The van der Waals surface area contributed by atoms with Crippen LogP contribution in [0.15, 0.2) is 12.4 Å². The van der Waals surface area contributed by atoms with Crippen LogP contribution in [0.4, 0.5) is 0 Å². The van der Waals surface area contributed by atoms with E-state index < -0.39 is 0 Å². The van der Waals surface area contributed by atoms with Crippen molar-refractivity contribution in [2.75, 3.05) is 6.54 Å². The maximum Gasteiger partial charge on any atom is 0.0664 e. The highest BCUT2D eigenvalue weighted by Gasteiger charge is 2.04. The number of aromatic nitrogens is 2. The minimum Gasteiger partial charge on any atom is -0.392 e. The maximum absolute atomic E-state index is 9.54. The van der Waals surface area contributed by atoms with Gasteiger partial charge in [-0.25, -0.2) is 0 Å². The number of aliphatic hydroxyl groups excluding tert-OH is 1. The smallest absolute Gasteiger partial charge is 0.0664 e. The lowest BCUT2D eigenvalue weighted by Gasteiger charge is -2.09. The van der Waals surface area contributed by atoms with Gasteiger partial charge in [0.05, 0.1) is 12.3 Å². The topological polar surface area (TPSA) is 50.1 Å². The molecule has 0 aliphatic heterocycles. The fourth-order valence-electron chi connectivity index (χ4n) is 1.57. The Morgan fingerprint density at radius 3 is 2.81 bits per heavy atom. The molecule has 0 spiro atoms. The van der Waals surface area contributed by atoms with Gasteiger partial charge in [0.15, 0.2) is 0 Å². The first-order valence-corrected chi connectivity index (χ1v) is 6.05. The molecule has 4 nitrogen and oxygen atoms in total. The Bertz CT molecular complexity index is 296. The van der Waals surface area contributed by atoms with Crippen molar-refractivity contribution in [3.63, 3.8) is 0 Å². The van der Waals surface area contributed by atoms with E-state index >= 15 is 0 Å². The lowest BCUT2D eigenvalue weighted by atomic mass is 10.2. The highest BCUT2D eigenvalue weighted by atomic mass is 16.3. The minimum atomic E-state index is -0.231. The summed E-state index contributed by atoms with van der Waals surface area (Å²) in [5.41, 5.74) is 1.16. The van der Waals surface area contributed by atoms with Gasteiger partial charge in [-0.1, -0.05) is 13.3 Å². The quantitative estimate of drug-likeness (QED) is 0.743. The van der Waals surface area contributed by atoms with E-state index in [0.717, 1.165) is 24.9 Å². The summed E-state index contributed by atoms with van der Waals surface area (Å²) in [5.74, 6) is 0. The third kappa shape index (κ3) is 4.33. The molecule has 92 valence electrons. The molecule has 0 amide bonds. The Balaban J connectivity index is 2.26. The Kier molecular flexibility index (Phi) is 5.49. The molecule has 0 aromatic carbocycles. The first-order valence-electron chi connectivity index (χ1n) is 6.05. The van der Waals surface area contributed by atoms with Gasteiger partial charge in [0.2, 0.25) is 0 Å². The standard InChI is InChI=1S/C12H23N3O/c1-4-5-12(16)8-13-6-11-7-14-15(9-11)10(2)3/h7,9-10,12-13,16H,4-6,8H2,1-3H3. The van der Waals surface area contributed by atoms with Crippen molar-refractivity contribution >= 4 is 0 Å². The van der Waals surface area contributed by atoms with Gasteiger partial charge in [0.1, 0.15) is 0 Å². The van der Waals surface area contributed by atoms with E-state index in [1.165, 1.54) is 0 Å². The molecular weight excluding hydrogens is 202 g/mol. The van der Waals surface area contributed by atoms with Crippen molar-refractivity contribution in [2.45, 2.75) is 52.3 Å². The highest BCUT2D eigenvalue weighted by Crippen LogP contribution is 2.05. The Morgan fingerprint density at radius 2 is 2.25 bits per heavy atom. The molecule has 0 aliphatic carbocycles. The van der Waals surface area contributed by atoms with Crippen LogP contribution in [0.3, 0.4) is 0 Å². The summed E-state index contributed by atoms with van der Waals surface area (Å²) in [7, 11) is 0. The molecule has 0 bridgehead atoms. The van der Waals surface area contributed by atoms with E-state index in [1.807, 2.05) is 17.1 Å². The normalized spacial score (nSPS) is 13.3. The van der Waals surface area contributed by atoms with Gasteiger partial charge in [-0.05, 0) is 20.3 Å². The fraction of sp³-hybridized carbons (Fsp3) is 0.750. The molecule has 0 fully saturated rings. The predicted octanol–water partition coefficient (Wildman–Crippen LogP) is 1.71. The molecular formula is C12H23N3O. The van der Waals surface area contributed by atoms with Crippen LogP contribution in [0.2, 0.25) is 0 Å². The first kappa shape index (κ1) is 13.2. The second kappa shape index (κ2) is 6.66. The van der Waals surface area contributed by atoms with Crippen LogP contribution in [0.1, 0.15) is 45.2 Å². The second-order valence-corrected chi connectivity index (χ2v) is 4.50. The number of nitrogens with zero attached hydrogens (tertiary/aromatic N) is 2. The summed E-state index contributed by atoms with van der Waals surface area (Å²) in [6, 6.07) is 0.402. The average Bonchev–Trinajstić information content (AvgIpc) is 2.67. The molecule has 0 saturated heterocycles. The van der Waals surface area contributed by atoms with E-state index in [2.05, 4.69) is 31.2 Å². The van der Waals surface area contributed by atoms with Crippen molar-refractivity contribution in [2.24, 2.45) is 0 Å². The largest absolute Gasteiger partial charge is 0.392 e. The number of aliphatic hydroxyl groups is 1. The van der Waals surface area contributed by atoms with Crippen molar-refractivity contribution in [3.05, 3.63) is 18.0 Å². The molecule has 16 heavy (non-hydrogen) atoms. The Hall–Kier alpha value is -0.870. The van der Waals surface area contributed by atoms with Crippen LogP contribution < -0.4 is 5.32 Å². The molecule has 0 aliphatic rings. The second-order valence-electron chi connectivity index (χ2n) is 4.50. The number of hydrogen-bond acceptors (Lipinski definition) is 3. The maximum atomic E-state index is 9.54. The zero-order valence-electron chi connectivity index (χ0n) is 10.5. The van der Waals surface area contributed by atoms with Gasteiger partial charge in [0, 0.05) is 30.9 Å². The van der Waals surface area contributed by atoms with Gasteiger partial charge in [-0.2, -0.15) is 5.10 Å². The van der Waals surface area contributed by atoms with E-state index in [1.54, 1.807) is 0 Å². The summed E-state index contributed by atoms with van der Waals surface area (Å²) < 4.78 is 1.94. The molecule has 1 aromatic heterocycles. The molecule has 0 saturated carbocycles. The van der Waals surface area contributed by atoms with Crippen molar-refractivity contribution < 1.29 is 5.11 Å². The van der Waals surface area contributed by atoms with Crippen LogP contribution in [-0.4, -0.2) is 27.5 Å². The lowest BCUT2D eigenvalue weighted by Crippen LogP contribution is -2.26. The predicted molar refractivity (Wildman–Crippen MR) is 65.2 cm³/mol. The Labute approximate surface area is 97.7 Å². The monoisotopic (exact) mass is 225 g/mol.